The summed E-state index contributed by atoms with van der Waals surface area (Å²) in [5.41, 5.74) is -2.38. The van der Waals surface area contributed by atoms with Gasteiger partial charge in [0.25, 0.3) is 5.56 Å². The molecule has 1 aliphatic heterocycles. The van der Waals surface area contributed by atoms with E-state index in [1.165, 1.54) is 6.92 Å². The summed E-state index contributed by atoms with van der Waals surface area (Å²) in [6.07, 6.45) is -3.22. The molecule has 0 bridgehead atoms. The van der Waals surface area contributed by atoms with Crippen molar-refractivity contribution in [3.63, 3.8) is 0 Å². The fourth-order valence-corrected chi connectivity index (χ4v) is 2.18. The van der Waals surface area contributed by atoms with Crippen molar-refractivity contribution in [2.24, 2.45) is 0 Å². The summed E-state index contributed by atoms with van der Waals surface area (Å²) in [6.45, 7) is 0.855. The summed E-state index contributed by atoms with van der Waals surface area (Å²) >= 11 is 4.84. The molecule has 0 radical (unpaired) electrons. The zero-order chi connectivity index (χ0) is 14.4. The highest BCUT2D eigenvalue weighted by Crippen LogP contribution is 2.36. The van der Waals surface area contributed by atoms with Crippen molar-refractivity contribution < 1.29 is 24.4 Å². The van der Waals surface area contributed by atoms with Crippen LogP contribution in [0.25, 0.3) is 0 Å². The second kappa shape index (κ2) is 4.76. The lowest BCUT2D eigenvalue weighted by Crippen LogP contribution is -2.43. The highest BCUT2D eigenvalue weighted by atomic mass is 32.1. The summed E-state index contributed by atoms with van der Waals surface area (Å²) in [5.74, 6) is -1.10. The van der Waals surface area contributed by atoms with E-state index < -0.39 is 42.0 Å². The number of nitrogens with zero attached hydrogens (tertiary/aromatic N) is 1. The van der Waals surface area contributed by atoms with Crippen LogP contribution in [-0.4, -0.2) is 49.3 Å². The Kier molecular flexibility index (Phi) is 3.58. The lowest BCUT2D eigenvalue weighted by molar-refractivity contribution is -0.117. The molecule has 9 heteroatoms. The minimum Gasteiger partial charge on any atom is -0.393 e. The zero-order valence-corrected chi connectivity index (χ0v) is 10.7. The van der Waals surface area contributed by atoms with Crippen LogP contribution < -0.4 is 5.56 Å². The molecular formula is C10H13FN2O5S. The fraction of sp³-hybridized carbons (Fsp3) is 0.600. The van der Waals surface area contributed by atoms with E-state index >= 15 is 0 Å². The maximum atomic E-state index is 13.3. The van der Waals surface area contributed by atoms with Gasteiger partial charge in [0, 0.05) is 0 Å². The van der Waals surface area contributed by atoms with Gasteiger partial charge in [-0.2, -0.15) is 4.39 Å². The van der Waals surface area contributed by atoms with Gasteiger partial charge in [0.2, 0.25) is 5.82 Å². The van der Waals surface area contributed by atoms with Crippen LogP contribution in [0.2, 0.25) is 0 Å². The summed E-state index contributed by atoms with van der Waals surface area (Å²) < 4.78 is 19.4. The van der Waals surface area contributed by atoms with E-state index in [-0.39, 0.29) is 4.77 Å². The Morgan fingerprint density at radius 1 is 1.63 bits per heavy atom. The third kappa shape index (κ3) is 2.23. The molecule has 1 aromatic heterocycles. The Morgan fingerprint density at radius 2 is 2.26 bits per heavy atom. The topological polar surface area (TPSA) is 108 Å². The number of nitrogens with one attached hydrogen (secondary N) is 1. The van der Waals surface area contributed by atoms with Gasteiger partial charge in [-0.25, -0.2) is 0 Å². The number of aliphatic hydroxyl groups is 3. The molecule has 4 atom stereocenters. The summed E-state index contributed by atoms with van der Waals surface area (Å²) in [6, 6.07) is 0. The number of aromatic nitrogens is 2. The smallest absolute Gasteiger partial charge is 0.287 e. The summed E-state index contributed by atoms with van der Waals surface area (Å²) in [5, 5.41) is 28.9. The molecule has 0 amide bonds. The first-order valence-electron chi connectivity index (χ1n) is 5.46. The van der Waals surface area contributed by atoms with E-state index in [0.29, 0.717) is 0 Å². The number of aromatic amines is 1. The number of hydrogen-bond acceptors (Lipinski definition) is 6. The third-order valence-corrected chi connectivity index (χ3v) is 3.46. The molecule has 0 saturated carbocycles. The molecule has 0 aromatic carbocycles. The minimum absolute atomic E-state index is 0.162. The predicted octanol–water partition coefficient (Wildman–Crippen LogP) is -0.953. The van der Waals surface area contributed by atoms with Crippen LogP contribution in [0.15, 0.2) is 11.0 Å². The number of aliphatic hydroxyl groups excluding tert-OH is 3. The van der Waals surface area contributed by atoms with Crippen molar-refractivity contribution in [1.29, 1.82) is 0 Å². The molecule has 2 rings (SSSR count). The van der Waals surface area contributed by atoms with E-state index in [1.807, 2.05) is 0 Å². The van der Waals surface area contributed by atoms with Gasteiger partial charge in [0.05, 0.1) is 12.8 Å². The number of rotatable bonds is 2. The summed E-state index contributed by atoms with van der Waals surface area (Å²) in [7, 11) is 0. The normalized spacial score (nSPS) is 34.7. The van der Waals surface area contributed by atoms with Crippen LogP contribution in [0.3, 0.4) is 0 Å². The number of hydrogen-bond donors (Lipinski definition) is 4. The van der Waals surface area contributed by atoms with E-state index in [2.05, 4.69) is 4.98 Å². The molecule has 1 unspecified atom stereocenters. The number of ether oxygens (including phenoxy) is 1. The van der Waals surface area contributed by atoms with E-state index in [9.17, 15) is 24.5 Å². The van der Waals surface area contributed by atoms with Gasteiger partial charge >= 0.3 is 0 Å². The molecule has 106 valence electrons. The van der Waals surface area contributed by atoms with Crippen molar-refractivity contribution in [2.75, 3.05) is 6.61 Å². The second-order valence-corrected chi connectivity index (χ2v) is 4.94. The first kappa shape index (κ1) is 14.3. The van der Waals surface area contributed by atoms with Gasteiger partial charge in [0.1, 0.15) is 17.8 Å². The Labute approximate surface area is 111 Å². The number of H-pyrrole nitrogens is 1. The second-order valence-electron chi connectivity index (χ2n) is 4.56. The van der Waals surface area contributed by atoms with E-state index in [1.54, 1.807) is 0 Å². The fourth-order valence-electron chi connectivity index (χ4n) is 1.93. The zero-order valence-electron chi connectivity index (χ0n) is 9.91. The standard InChI is InChI=1S/C10H13FN2O5S/c1-10(3-14)6(16)5(15)8(18-10)13-2-4(11)7(17)12-9(13)19/h2,5-6,8,14-16H,3H2,1H3,(H,12,17,19)/t5?,6-,8-,10-/m1/s1. The van der Waals surface area contributed by atoms with Gasteiger partial charge in [-0.05, 0) is 19.1 Å². The highest BCUT2D eigenvalue weighted by Gasteiger charge is 2.51. The maximum Gasteiger partial charge on any atom is 0.287 e. The maximum absolute atomic E-state index is 13.3. The molecule has 0 spiro atoms. The molecule has 19 heavy (non-hydrogen) atoms. The Bertz CT molecular complexity index is 602. The Balaban J connectivity index is 2.47. The lowest BCUT2D eigenvalue weighted by Gasteiger charge is -2.24. The van der Waals surface area contributed by atoms with Crippen LogP contribution >= 0.6 is 12.2 Å². The molecule has 4 N–H and O–H groups in total. The average molecular weight is 292 g/mol. The Hall–Kier alpha value is -1.13. The molecule has 1 aromatic rings. The largest absolute Gasteiger partial charge is 0.393 e. The third-order valence-electron chi connectivity index (χ3n) is 3.14. The molecule has 1 saturated heterocycles. The van der Waals surface area contributed by atoms with Crippen molar-refractivity contribution in [3.05, 3.63) is 27.1 Å². The van der Waals surface area contributed by atoms with E-state index in [4.69, 9.17) is 17.0 Å². The van der Waals surface area contributed by atoms with Crippen LogP contribution in [0.4, 0.5) is 4.39 Å². The van der Waals surface area contributed by atoms with Crippen molar-refractivity contribution >= 4 is 12.2 Å². The lowest BCUT2D eigenvalue weighted by atomic mass is 9.99. The van der Waals surface area contributed by atoms with Crippen molar-refractivity contribution in [2.45, 2.75) is 31.0 Å². The monoisotopic (exact) mass is 292 g/mol. The first-order valence-corrected chi connectivity index (χ1v) is 5.87. The van der Waals surface area contributed by atoms with Crippen LogP contribution in [0.1, 0.15) is 13.2 Å². The van der Waals surface area contributed by atoms with Crippen LogP contribution in [-0.2, 0) is 4.74 Å². The summed E-state index contributed by atoms with van der Waals surface area (Å²) in [4.78, 5) is 13.1. The first-order chi connectivity index (χ1) is 8.80. The van der Waals surface area contributed by atoms with Crippen LogP contribution in [0.5, 0.6) is 0 Å². The number of halogens is 1. The highest BCUT2D eigenvalue weighted by molar-refractivity contribution is 7.71. The van der Waals surface area contributed by atoms with Gasteiger partial charge in [-0.1, -0.05) is 0 Å². The average Bonchev–Trinajstić information content (AvgIpc) is 2.59. The van der Waals surface area contributed by atoms with E-state index in [0.717, 1.165) is 10.8 Å². The van der Waals surface area contributed by atoms with Crippen molar-refractivity contribution in [3.8, 4) is 0 Å². The van der Waals surface area contributed by atoms with Crippen LogP contribution in [0, 0.1) is 10.6 Å². The quantitative estimate of drug-likeness (QED) is 0.523. The molecule has 1 aliphatic rings. The van der Waals surface area contributed by atoms with Gasteiger partial charge in [-0.3, -0.25) is 14.3 Å². The van der Waals surface area contributed by atoms with Crippen molar-refractivity contribution in [1.82, 2.24) is 9.55 Å². The SMILES string of the molecule is C[C@]1(CO)O[C@@H](n2cc(F)c(=O)[nH]c2=S)C(O)[C@H]1O. The molecule has 1 fully saturated rings. The molecular weight excluding hydrogens is 279 g/mol. The Morgan fingerprint density at radius 3 is 2.79 bits per heavy atom. The molecule has 2 heterocycles. The van der Waals surface area contributed by atoms with Gasteiger partial charge in [-0.15, -0.1) is 0 Å². The van der Waals surface area contributed by atoms with Gasteiger partial charge < -0.3 is 20.1 Å². The predicted molar refractivity (Wildman–Crippen MR) is 63.5 cm³/mol. The molecule has 0 aliphatic carbocycles. The minimum atomic E-state index is -1.42. The van der Waals surface area contributed by atoms with Gasteiger partial charge in [0.15, 0.2) is 11.0 Å². The molecule has 7 nitrogen and oxygen atoms in total.